The van der Waals surface area contributed by atoms with Crippen LogP contribution in [0.4, 0.5) is 4.39 Å². The number of carbonyl (C=O) groups is 1. The largest absolute Gasteiger partial charge is 0.489 e. The first-order valence-corrected chi connectivity index (χ1v) is 8.84. The van der Waals surface area contributed by atoms with E-state index in [0.29, 0.717) is 23.1 Å². The molecular weight excluding hydrogens is 361 g/mol. The van der Waals surface area contributed by atoms with Gasteiger partial charge in [-0.3, -0.25) is 4.79 Å². The van der Waals surface area contributed by atoms with Gasteiger partial charge >= 0.3 is 0 Å². The Hall–Kier alpha value is -2.37. The van der Waals surface area contributed by atoms with Crippen LogP contribution >= 0.6 is 22.9 Å². The summed E-state index contributed by atoms with van der Waals surface area (Å²) in [5.41, 5.74) is 1.77. The van der Waals surface area contributed by atoms with Crippen molar-refractivity contribution in [3.63, 3.8) is 0 Å². The molecule has 0 unspecified atom stereocenters. The van der Waals surface area contributed by atoms with Gasteiger partial charge in [0.15, 0.2) is 0 Å². The molecule has 1 N–H and O–H groups in total. The van der Waals surface area contributed by atoms with Crippen molar-refractivity contribution in [3.8, 4) is 5.75 Å². The van der Waals surface area contributed by atoms with Gasteiger partial charge in [0.1, 0.15) is 18.2 Å². The molecule has 1 amide bonds. The summed E-state index contributed by atoms with van der Waals surface area (Å²) < 4.78 is 18.5. The summed E-state index contributed by atoms with van der Waals surface area (Å²) >= 11 is 7.19. The number of nitrogens with one attached hydrogen (secondary N) is 1. The van der Waals surface area contributed by atoms with Crippen LogP contribution in [0.15, 0.2) is 60.0 Å². The molecule has 0 spiro atoms. The predicted molar refractivity (Wildman–Crippen MR) is 97.7 cm³/mol. The molecular formula is C19H15ClFNO2S. The maximum absolute atomic E-state index is 12.9. The van der Waals surface area contributed by atoms with E-state index < -0.39 is 0 Å². The van der Waals surface area contributed by atoms with Gasteiger partial charge in [0.25, 0.3) is 5.91 Å². The van der Waals surface area contributed by atoms with Gasteiger partial charge in [-0.2, -0.15) is 0 Å². The molecule has 0 saturated carbocycles. The van der Waals surface area contributed by atoms with Gasteiger partial charge in [-0.1, -0.05) is 23.7 Å². The Morgan fingerprint density at radius 3 is 2.52 bits per heavy atom. The Kier molecular flexibility index (Phi) is 5.68. The average Bonchev–Trinajstić information content (AvgIpc) is 3.10. The van der Waals surface area contributed by atoms with E-state index in [9.17, 15) is 9.18 Å². The summed E-state index contributed by atoms with van der Waals surface area (Å²) in [7, 11) is 0. The monoisotopic (exact) mass is 375 g/mol. The molecule has 0 fully saturated rings. The Morgan fingerprint density at radius 1 is 1.08 bits per heavy atom. The molecule has 25 heavy (non-hydrogen) atoms. The van der Waals surface area contributed by atoms with Crippen LogP contribution in [0.3, 0.4) is 0 Å². The van der Waals surface area contributed by atoms with E-state index in [1.54, 1.807) is 42.5 Å². The van der Waals surface area contributed by atoms with Crippen molar-refractivity contribution in [2.75, 3.05) is 0 Å². The lowest BCUT2D eigenvalue weighted by molar-refractivity contribution is 0.0955. The highest BCUT2D eigenvalue weighted by atomic mass is 35.5. The summed E-state index contributed by atoms with van der Waals surface area (Å²) in [4.78, 5) is 12.8. The molecule has 0 aliphatic heterocycles. The number of rotatable bonds is 6. The van der Waals surface area contributed by atoms with Crippen LogP contribution in [-0.2, 0) is 13.2 Å². The van der Waals surface area contributed by atoms with Crippen LogP contribution in [0.2, 0.25) is 5.02 Å². The van der Waals surface area contributed by atoms with Crippen molar-refractivity contribution in [1.29, 1.82) is 0 Å². The van der Waals surface area contributed by atoms with Gasteiger partial charge in [0.2, 0.25) is 0 Å². The first-order chi connectivity index (χ1) is 12.1. The van der Waals surface area contributed by atoms with E-state index in [1.165, 1.54) is 23.5 Å². The summed E-state index contributed by atoms with van der Waals surface area (Å²) in [6.07, 6.45) is 0. The van der Waals surface area contributed by atoms with Crippen LogP contribution in [-0.4, -0.2) is 5.91 Å². The molecule has 1 aromatic heterocycles. The quantitative estimate of drug-likeness (QED) is 0.654. The standard InChI is InChI=1S/C19H15ClFNO2S/c20-15-3-7-17(8-4-15)24-11-14-9-18(25-12-14)19(23)22-10-13-1-5-16(21)6-2-13/h1-9,12H,10-11H2,(H,22,23). The van der Waals surface area contributed by atoms with Crippen LogP contribution in [0.1, 0.15) is 20.8 Å². The topological polar surface area (TPSA) is 38.3 Å². The van der Waals surface area contributed by atoms with Gasteiger partial charge in [-0.25, -0.2) is 4.39 Å². The Labute approximate surface area is 154 Å². The minimum Gasteiger partial charge on any atom is -0.489 e. The number of benzene rings is 2. The van der Waals surface area contributed by atoms with Crippen molar-refractivity contribution >= 4 is 28.8 Å². The molecule has 0 bridgehead atoms. The van der Waals surface area contributed by atoms with Crippen molar-refractivity contribution in [1.82, 2.24) is 5.32 Å². The molecule has 0 aliphatic rings. The van der Waals surface area contributed by atoms with Crippen molar-refractivity contribution < 1.29 is 13.9 Å². The molecule has 0 atom stereocenters. The number of carbonyl (C=O) groups excluding carboxylic acids is 1. The third-order valence-electron chi connectivity index (χ3n) is 3.46. The third-order valence-corrected chi connectivity index (χ3v) is 4.69. The highest BCUT2D eigenvalue weighted by Crippen LogP contribution is 2.19. The fraction of sp³-hybridized carbons (Fsp3) is 0.105. The third kappa shape index (κ3) is 5.05. The molecule has 0 radical (unpaired) electrons. The van der Waals surface area contributed by atoms with E-state index >= 15 is 0 Å². The van der Waals surface area contributed by atoms with Crippen molar-refractivity contribution in [3.05, 3.63) is 86.8 Å². The average molecular weight is 376 g/mol. The fourth-order valence-electron chi connectivity index (χ4n) is 2.14. The minimum absolute atomic E-state index is 0.160. The molecule has 3 aromatic rings. The first kappa shape index (κ1) is 17.5. The molecule has 3 nitrogen and oxygen atoms in total. The van der Waals surface area contributed by atoms with Gasteiger partial charge < -0.3 is 10.1 Å². The number of halogens is 2. The molecule has 0 aliphatic carbocycles. The number of amides is 1. The maximum Gasteiger partial charge on any atom is 0.261 e. The van der Waals surface area contributed by atoms with Gasteiger partial charge in [-0.05, 0) is 53.4 Å². The molecule has 1 heterocycles. The summed E-state index contributed by atoms with van der Waals surface area (Å²) in [6, 6.07) is 15.0. The smallest absolute Gasteiger partial charge is 0.261 e. The lowest BCUT2D eigenvalue weighted by Gasteiger charge is -2.05. The zero-order valence-electron chi connectivity index (χ0n) is 13.2. The molecule has 2 aromatic carbocycles. The van der Waals surface area contributed by atoms with E-state index in [0.717, 1.165) is 16.9 Å². The van der Waals surface area contributed by atoms with Crippen LogP contribution in [0.5, 0.6) is 5.75 Å². The van der Waals surface area contributed by atoms with Crippen LogP contribution in [0.25, 0.3) is 0 Å². The van der Waals surface area contributed by atoms with Gasteiger partial charge in [-0.15, -0.1) is 11.3 Å². The zero-order chi connectivity index (χ0) is 17.6. The Balaban J connectivity index is 1.52. The maximum atomic E-state index is 12.9. The van der Waals surface area contributed by atoms with Gasteiger partial charge in [0, 0.05) is 17.1 Å². The highest BCUT2D eigenvalue weighted by molar-refractivity contribution is 7.12. The van der Waals surface area contributed by atoms with E-state index in [-0.39, 0.29) is 11.7 Å². The lowest BCUT2D eigenvalue weighted by atomic mass is 10.2. The predicted octanol–water partition coefficient (Wildman–Crippen LogP) is 5.05. The van der Waals surface area contributed by atoms with Gasteiger partial charge in [0.05, 0.1) is 4.88 Å². The summed E-state index contributed by atoms with van der Waals surface area (Å²) in [5, 5.41) is 5.37. The van der Waals surface area contributed by atoms with E-state index in [2.05, 4.69) is 5.32 Å². The summed E-state index contributed by atoms with van der Waals surface area (Å²) in [6.45, 7) is 0.733. The Morgan fingerprint density at radius 2 is 1.80 bits per heavy atom. The second-order valence-corrected chi connectivity index (χ2v) is 6.72. The van der Waals surface area contributed by atoms with Crippen molar-refractivity contribution in [2.45, 2.75) is 13.2 Å². The summed E-state index contributed by atoms with van der Waals surface area (Å²) in [5.74, 6) is 0.267. The fourth-order valence-corrected chi connectivity index (χ4v) is 3.08. The molecule has 0 saturated heterocycles. The molecule has 3 rings (SSSR count). The first-order valence-electron chi connectivity index (χ1n) is 7.58. The Bertz CT molecular complexity index is 847. The number of ether oxygens (including phenoxy) is 1. The lowest BCUT2D eigenvalue weighted by Crippen LogP contribution is -2.21. The molecule has 128 valence electrons. The number of hydrogen-bond acceptors (Lipinski definition) is 3. The molecule has 6 heteroatoms. The highest BCUT2D eigenvalue weighted by Gasteiger charge is 2.09. The van der Waals surface area contributed by atoms with Crippen LogP contribution < -0.4 is 10.1 Å². The van der Waals surface area contributed by atoms with Crippen LogP contribution in [0, 0.1) is 5.82 Å². The number of thiophene rings is 1. The second kappa shape index (κ2) is 8.14. The van der Waals surface area contributed by atoms with E-state index in [1.807, 2.05) is 5.38 Å². The normalized spacial score (nSPS) is 10.5. The zero-order valence-corrected chi connectivity index (χ0v) is 14.7. The van der Waals surface area contributed by atoms with Crippen molar-refractivity contribution in [2.24, 2.45) is 0 Å². The second-order valence-electron chi connectivity index (χ2n) is 5.37. The van der Waals surface area contributed by atoms with E-state index in [4.69, 9.17) is 16.3 Å². The number of hydrogen-bond donors (Lipinski definition) is 1. The SMILES string of the molecule is O=C(NCc1ccc(F)cc1)c1cc(COc2ccc(Cl)cc2)cs1. The minimum atomic E-state index is -0.293.